The number of carbonyl (C=O) groups excluding carboxylic acids is 2. The van der Waals surface area contributed by atoms with Crippen molar-refractivity contribution in [2.75, 3.05) is 26.7 Å². The second-order valence-corrected chi connectivity index (χ2v) is 8.98. The first kappa shape index (κ1) is 22.0. The van der Waals surface area contributed by atoms with Gasteiger partial charge in [0.25, 0.3) is 5.91 Å². The van der Waals surface area contributed by atoms with Gasteiger partial charge < -0.3 is 20.1 Å². The van der Waals surface area contributed by atoms with Crippen LogP contribution in [0.1, 0.15) is 29.8 Å². The Morgan fingerprint density at radius 1 is 1.29 bits per heavy atom. The molecule has 1 saturated heterocycles. The minimum atomic E-state index is -1.06. The number of phenolic OH excluding ortho intramolecular Hbond substituents is 1. The number of phenols is 1. The number of H-pyrrole nitrogens is 1. The van der Waals surface area contributed by atoms with Gasteiger partial charge in [0.1, 0.15) is 23.1 Å². The predicted octanol–water partition coefficient (Wildman–Crippen LogP) is 3.33. The number of benzene rings is 2. The number of rotatable bonds is 7. The number of nitrogens with one attached hydrogen (secondary N) is 2. The Kier molecular flexibility index (Phi) is 5.32. The molecule has 8 heteroatoms. The summed E-state index contributed by atoms with van der Waals surface area (Å²) < 4.78 is 5.44. The van der Waals surface area contributed by atoms with Gasteiger partial charge in [-0.3, -0.25) is 14.6 Å². The molecule has 2 aliphatic rings. The third-order valence-electron chi connectivity index (χ3n) is 6.86. The zero-order valence-corrected chi connectivity index (χ0v) is 19.3. The van der Waals surface area contributed by atoms with E-state index in [1.54, 1.807) is 36.3 Å². The highest BCUT2D eigenvalue weighted by molar-refractivity contribution is 6.08. The lowest BCUT2D eigenvalue weighted by Crippen LogP contribution is -2.53. The third-order valence-corrected chi connectivity index (χ3v) is 6.86. The summed E-state index contributed by atoms with van der Waals surface area (Å²) >= 11 is 0. The van der Waals surface area contributed by atoms with E-state index in [4.69, 9.17) is 4.74 Å². The van der Waals surface area contributed by atoms with Crippen molar-refractivity contribution in [1.29, 1.82) is 0 Å². The molecule has 2 aromatic carbocycles. The van der Waals surface area contributed by atoms with Crippen molar-refractivity contribution < 1.29 is 19.4 Å². The lowest BCUT2D eigenvalue weighted by molar-refractivity contribution is -0.133. The van der Waals surface area contributed by atoms with Gasteiger partial charge in [0, 0.05) is 42.7 Å². The number of carbonyl (C=O) groups is 2. The molecule has 3 N–H and O–H groups in total. The summed E-state index contributed by atoms with van der Waals surface area (Å²) in [5, 5.41) is 14.3. The van der Waals surface area contributed by atoms with Crippen molar-refractivity contribution in [3.63, 3.8) is 0 Å². The molecular formula is C26H28N4O4. The van der Waals surface area contributed by atoms with Crippen LogP contribution in [0.2, 0.25) is 0 Å². The van der Waals surface area contributed by atoms with Crippen LogP contribution in [0.25, 0.3) is 10.9 Å². The second-order valence-electron chi connectivity index (χ2n) is 8.98. The Morgan fingerprint density at radius 3 is 2.85 bits per heavy atom. The summed E-state index contributed by atoms with van der Waals surface area (Å²) in [6, 6.07) is 11.8. The van der Waals surface area contributed by atoms with E-state index >= 15 is 0 Å². The van der Waals surface area contributed by atoms with Gasteiger partial charge in [0.2, 0.25) is 0 Å². The molecule has 0 bridgehead atoms. The van der Waals surface area contributed by atoms with E-state index in [1.807, 2.05) is 31.2 Å². The number of aromatic nitrogens is 1. The summed E-state index contributed by atoms with van der Waals surface area (Å²) in [6.07, 6.45) is 2.12. The normalized spacial score (nSPS) is 21.6. The number of urea groups is 1. The number of amides is 3. The van der Waals surface area contributed by atoms with E-state index in [0.717, 1.165) is 33.5 Å². The van der Waals surface area contributed by atoms with Crippen LogP contribution in [0.3, 0.4) is 0 Å². The predicted molar refractivity (Wildman–Crippen MR) is 129 cm³/mol. The van der Waals surface area contributed by atoms with Crippen molar-refractivity contribution in [2.24, 2.45) is 0 Å². The first-order valence-corrected chi connectivity index (χ1v) is 11.3. The number of hydrogen-bond acceptors (Lipinski definition) is 5. The number of aromatic amines is 1. The molecule has 2 aliphatic heterocycles. The Balaban J connectivity index is 1.66. The molecule has 2 atom stereocenters. The van der Waals surface area contributed by atoms with Gasteiger partial charge in [-0.05, 0) is 48.4 Å². The molecular weight excluding hydrogens is 432 g/mol. The van der Waals surface area contributed by atoms with Crippen LogP contribution < -0.4 is 10.1 Å². The quantitative estimate of drug-likeness (QED) is 0.285. The molecule has 0 aliphatic carbocycles. The van der Waals surface area contributed by atoms with E-state index in [0.29, 0.717) is 19.5 Å². The van der Waals surface area contributed by atoms with Crippen LogP contribution in [0.4, 0.5) is 4.79 Å². The average molecular weight is 461 g/mol. The van der Waals surface area contributed by atoms with E-state index in [2.05, 4.69) is 16.9 Å². The van der Waals surface area contributed by atoms with Crippen LogP contribution in [0.15, 0.2) is 55.1 Å². The SMILES string of the molecule is C=CCNCCN1C(=O)N2[C@H](c3cccc(O)c3)c3[nH]c4ccc(OC)cc4c3C[C@@]2(C)C1=O. The number of methoxy groups -OCH3 is 1. The highest BCUT2D eigenvalue weighted by Gasteiger charge is 2.60. The van der Waals surface area contributed by atoms with Gasteiger partial charge >= 0.3 is 6.03 Å². The lowest BCUT2D eigenvalue weighted by Gasteiger charge is -2.42. The molecule has 5 rings (SSSR count). The van der Waals surface area contributed by atoms with Crippen molar-refractivity contribution in [2.45, 2.75) is 24.9 Å². The summed E-state index contributed by atoms with van der Waals surface area (Å²) in [7, 11) is 1.62. The maximum absolute atomic E-state index is 13.7. The summed E-state index contributed by atoms with van der Waals surface area (Å²) in [5.74, 6) is 0.609. The Hall–Kier alpha value is -3.78. The Morgan fingerprint density at radius 2 is 2.12 bits per heavy atom. The fraction of sp³-hybridized carbons (Fsp3) is 0.308. The smallest absolute Gasteiger partial charge is 0.328 e. The molecule has 1 aromatic heterocycles. The number of aromatic hydroxyl groups is 1. The second kappa shape index (κ2) is 8.22. The van der Waals surface area contributed by atoms with Crippen LogP contribution in [-0.2, 0) is 11.2 Å². The monoisotopic (exact) mass is 460 g/mol. The molecule has 3 heterocycles. The van der Waals surface area contributed by atoms with Gasteiger partial charge in [-0.25, -0.2) is 4.79 Å². The van der Waals surface area contributed by atoms with Crippen molar-refractivity contribution in [3.8, 4) is 11.5 Å². The molecule has 0 spiro atoms. The van der Waals surface area contributed by atoms with E-state index < -0.39 is 11.6 Å². The Bertz CT molecular complexity index is 1300. The first-order valence-electron chi connectivity index (χ1n) is 11.3. The summed E-state index contributed by atoms with van der Waals surface area (Å²) in [4.78, 5) is 33.9. The number of hydrogen-bond donors (Lipinski definition) is 3. The van der Waals surface area contributed by atoms with Gasteiger partial charge in [-0.15, -0.1) is 6.58 Å². The van der Waals surface area contributed by atoms with Crippen LogP contribution in [0.5, 0.6) is 11.5 Å². The van der Waals surface area contributed by atoms with Crippen molar-refractivity contribution in [1.82, 2.24) is 20.1 Å². The highest BCUT2D eigenvalue weighted by Crippen LogP contribution is 2.49. The first-order chi connectivity index (χ1) is 16.4. The fourth-order valence-corrected chi connectivity index (χ4v) is 5.25. The molecule has 3 amide bonds. The molecule has 0 unspecified atom stereocenters. The lowest BCUT2D eigenvalue weighted by atomic mass is 9.81. The number of imide groups is 1. The Labute approximate surface area is 197 Å². The van der Waals surface area contributed by atoms with E-state index in [9.17, 15) is 14.7 Å². The zero-order valence-electron chi connectivity index (χ0n) is 19.3. The van der Waals surface area contributed by atoms with E-state index in [-0.39, 0.29) is 24.2 Å². The molecule has 8 nitrogen and oxygen atoms in total. The number of nitrogens with zero attached hydrogens (tertiary/aromatic N) is 2. The van der Waals surface area contributed by atoms with Gasteiger partial charge in [0.15, 0.2) is 0 Å². The van der Waals surface area contributed by atoms with Gasteiger partial charge in [-0.2, -0.15) is 0 Å². The van der Waals surface area contributed by atoms with Crippen LogP contribution in [0, 0.1) is 0 Å². The summed E-state index contributed by atoms with van der Waals surface area (Å²) in [6.45, 7) is 6.87. The number of ether oxygens (including phenoxy) is 1. The maximum atomic E-state index is 13.7. The minimum Gasteiger partial charge on any atom is -0.508 e. The van der Waals surface area contributed by atoms with Crippen LogP contribution in [-0.4, -0.2) is 64.1 Å². The van der Waals surface area contributed by atoms with E-state index in [1.165, 1.54) is 4.90 Å². The standard InChI is InChI=1S/C26H28N4O4/c1-4-10-27-11-12-29-24(32)26(2)15-20-19-14-18(34-3)8-9-21(19)28-22(20)23(30(26)25(29)33)16-6-5-7-17(31)13-16/h4-9,13-14,23,27-28,31H,1,10-12,15H2,2-3H3/t23-,26+/m1/s1. The van der Waals surface area contributed by atoms with Crippen LogP contribution >= 0.6 is 0 Å². The topological polar surface area (TPSA) is 97.9 Å². The highest BCUT2D eigenvalue weighted by atomic mass is 16.5. The average Bonchev–Trinajstić information content (AvgIpc) is 3.27. The molecule has 0 saturated carbocycles. The van der Waals surface area contributed by atoms with Crippen molar-refractivity contribution >= 4 is 22.8 Å². The van der Waals surface area contributed by atoms with Crippen molar-refractivity contribution in [3.05, 3.63) is 71.9 Å². The molecule has 0 radical (unpaired) electrons. The number of fused-ring (bicyclic) bond motifs is 4. The largest absolute Gasteiger partial charge is 0.508 e. The molecule has 1 fully saturated rings. The molecule has 176 valence electrons. The van der Waals surface area contributed by atoms with Gasteiger partial charge in [-0.1, -0.05) is 18.2 Å². The summed E-state index contributed by atoms with van der Waals surface area (Å²) in [5.41, 5.74) is 2.41. The molecule has 3 aromatic rings. The maximum Gasteiger partial charge on any atom is 0.328 e. The van der Waals surface area contributed by atoms with Gasteiger partial charge in [0.05, 0.1) is 7.11 Å². The third kappa shape index (κ3) is 3.25. The minimum absolute atomic E-state index is 0.104. The fourth-order valence-electron chi connectivity index (χ4n) is 5.25. The molecule has 34 heavy (non-hydrogen) atoms. The zero-order chi connectivity index (χ0) is 24.0.